The van der Waals surface area contributed by atoms with Gasteiger partial charge in [0.2, 0.25) is 0 Å². The smallest absolute Gasteiger partial charge is 0.191 e. The molecule has 36 heavy (non-hydrogen) atoms. The number of hydrogen-bond donors (Lipinski definition) is 4. The molecule has 0 bridgehead atoms. The molecule has 6 nitrogen and oxygen atoms in total. The monoisotopic (exact) mass is 508 g/mol. The normalized spacial score (nSPS) is 10.8. The van der Waals surface area contributed by atoms with Crippen LogP contribution in [0.15, 0.2) is 119 Å². The van der Waals surface area contributed by atoms with E-state index in [1.165, 1.54) is 12.4 Å². The van der Waals surface area contributed by atoms with Gasteiger partial charge in [0.05, 0.1) is 12.4 Å². The molecule has 4 rings (SSSR count). The molecule has 0 aliphatic carbocycles. The second-order valence-corrected chi connectivity index (χ2v) is 8.33. The van der Waals surface area contributed by atoms with Crippen LogP contribution in [0.4, 0.5) is 11.4 Å². The highest BCUT2D eigenvalue weighted by molar-refractivity contribution is 7.80. The molecular weight excluding hydrogens is 484 g/mol. The van der Waals surface area contributed by atoms with Crippen LogP contribution in [-0.2, 0) is 0 Å². The molecule has 0 fully saturated rings. The maximum absolute atomic E-state index is 5.36. The summed E-state index contributed by atoms with van der Waals surface area (Å²) in [5, 5.41) is 15.2. The van der Waals surface area contributed by atoms with Crippen molar-refractivity contribution < 1.29 is 0 Å². The van der Waals surface area contributed by atoms with Gasteiger partial charge >= 0.3 is 0 Å². The summed E-state index contributed by atoms with van der Waals surface area (Å²) in [5.41, 5.74) is 11.6. The summed E-state index contributed by atoms with van der Waals surface area (Å²) in [4.78, 5) is 0. The van der Waals surface area contributed by atoms with Crippen molar-refractivity contribution in [1.29, 1.82) is 0 Å². The van der Waals surface area contributed by atoms with Gasteiger partial charge in [0.15, 0.2) is 10.2 Å². The van der Waals surface area contributed by atoms with Crippen LogP contribution in [0.2, 0.25) is 0 Å². The van der Waals surface area contributed by atoms with Crippen LogP contribution in [-0.4, -0.2) is 22.7 Å². The number of hydrogen-bond acceptors (Lipinski definition) is 4. The van der Waals surface area contributed by atoms with Gasteiger partial charge in [0, 0.05) is 22.5 Å². The number of thiocarbonyl (C=S) groups is 2. The van der Waals surface area contributed by atoms with Crippen molar-refractivity contribution in [2.75, 3.05) is 10.6 Å². The third kappa shape index (κ3) is 7.05. The highest BCUT2D eigenvalue weighted by Crippen LogP contribution is 2.28. The molecule has 0 amide bonds. The fourth-order valence-electron chi connectivity index (χ4n) is 3.48. The molecule has 0 unspecified atom stereocenters. The molecule has 0 radical (unpaired) electrons. The van der Waals surface area contributed by atoms with Crippen LogP contribution in [0.3, 0.4) is 0 Å². The molecule has 0 atom stereocenters. The minimum Gasteiger partial charge on any atom is -0.331 e. The van der Waals surface area contributed by atoms with Gasteiger partial charge in [-0.1, -0.05) is 97.1 Å². The summed E-state index contributed by atoms with van der Waals surface area (Å²) in [5.74, 6) is 0. The number of benzene rings is 4. The van der Waals surface area contributed by atoms with E-state index in [0.29, 0.717) is 10.2 Å². The SMILES string of the molecule is S=C(NN=CC=NNC(=S)Nc1ccccc1-c1ccccc1)Nc1ccccc1-c1ccccc1. The second kappa shape index (κ2) is 12.9. The fourth-order valence-corrected chi connectivity index (χ4v) is 3.81. The summed E-state index contributed by atoms with van der Waals surface area (Å²) in [6.45, 7) is 0. The van der Waals surface area contributed by atoms with E-state index in [1.807, 2.05) is 84.9 Å². The third-order valence-corrected chi connectivity index (χ3v) is 5.45. The first-order valence-corrected chi connectivity index (χ1v) is 12.0. The van der Waals surface area contributed by atoms with Crippen LogP contribution in [0.1, 0.15) is 0 Å². The van der Waals surface area contributed by atoms with Gasteiger partial charge in [-0.3, -0.25) is 10.9 Å². The molecule has 178 valence electrons. The predicted molar refractivity (Wildman–Crippen MR) is 159 cm³/mol. The third-order valence-electron chi connectivity index (χ3n) is 5.07. The Labute approximate surface area is 221 Å². The van der Waals surface area contributed by atoms with Gasteiger partial charge in [-0.05, 0) is 47.7 Å². The summed E-state index contributed by atoms with van der Waals surface area (Å²) >= 11 is 10.7. The van der Waals surface area contributed by atoms with E-state index < -0.39 is 0 Å². The van der Waals surface area contributed by atoms with Gasteiger partial charge in [0.25, 0.3) is 0 Å². The summed E-state index contributed by atoms with van der Waals surface area (Å²) in [6.07, 6.45) is 2.95. The van der Waals surface area contributed by atoms with E-state index in [9.17, 15) is 0 Å². The minimum absolute atomic E-state index is 0.366. The maximum Gasteiger partial charge on any atom is 0.191 e. The van der Waals surface area contributed by atoms with Crippen molar-refractivity contribution in [2.24, 2.45) is 10.2 Å². The van der Waals surface area contributed by atoms with Crippen molar-refractivity contribution in [2.45, 2.75) is 0 Å². The summed E-state index contributed by atoms with van der Waals surface area (Å²) in [6, 6.07) is 36.1. The Morgan fingerprint density at radius 3 is 1.28 bits per heavy atom. The van der Waals surface area contributed by atoms with Gasteiger partial charge in [-0.25, -0.2) is 0 Å². The Kier molecular flexibility index (Phi) is 8.85. The van der Waals surface area contributed by atoms with Crippen molar-refractivity contribution in [3.05, 3.63) is 109 Å². The van der Waals surface area contributed by atoms with Crippen LogP contribution in [0, 0.1) is 0 Å². The van der Waals surface area contributed by atoms with Crippen LogP contribution in [0.5, 0.6) is 0 Å². The van der Waals surface area contributed by atoms with Crippen molar-refractivity contribution in [3.8, 4) is 22.3 Å². The van der Waals surface area contributed by atoms with E-state index in [-0.39, 0.29) is 0 Å². The number of nitrogens with zero attached hydrogens (tertiary/aromatic N) is 2. The van der Waals surface area contributed by atoms with E-state index in [0.717, 1.165) is 33.6 Å². The lowest BCUT2D eigenvalue weighted by molar-refractivity contribution is 1.04. The number of nitrogens with one attached hydrogen (secondary N) is 4. The topological polar surface area (TPSA) is 72.8 Å². The molecule has 0 aliphatic heterocycles. The summed E-state index contributed by atoms with van der Waals surface area (Å²) in [7, 11) is 0. The van der Waals surface area contributed by atoms with E-state index >= 15 is 0 Å². The summed E-state index contributed by atoms with van der Waals surface area (Å²) < 4.78 is 0. The molecule has 0 aromatic heterocycles. The van der Waals surface area contributed by atoms with Gasteiger partial charge in [0.1, 0.15) is 0 Å². The molecular formula is C28H24N6S2. The Balaban J connectivity index is 1.26. The van der Waals surface area contributed by atoms with Crippen molar-refractivity contribution in [3.63, 3.8) is 0 Å². The number of para-hydroxylation sites is 2. The molecule has 4 N–H and O–H groups in total. The predicted octanol–water partition coefficient (Wildman–Crippen LogP) is 6.27. The fraction of sp³-hybridized carbons (Fsp3) is 0. The Bertz CT molecular complexity index is 1260. The van der Waals surface area contributed by atoms with Crippen molar-refractivity contribution in [1.82, 2.24) is 10.9 Å². The van der Waals surface area contributed by atoms with Gasteiger partial charge in [-0.15, -0.1) is 0 Å². The Morgan fingerprint density at radius 2 is 0.861 bits per heavy atom. The van der Waals surface area contributed by atoms with Crippen LogP contribution < -0.4 is 21.5 Å². The molecule has 4 aromatic carbocycles. The molecule has 0 saturated carbocycles. The minimum atomic E-state index is 0.366. The maximum atomic E-state index is 5.36. The lowest BCUT2D eigenvalue weighted by atomic mass is 10.0. The zero-order valence-corrected chi connectivity index (χ0v) is 20.9. The average Bonchev–Trinajstić information content (AvgIpc) is 2.92. The largest absolute Gasteiger partial charge is 0.331 e. The first kappa shape index (κ1) is 24.7. The van der Waals surface area contributed by atoms with Crippen molar-refractivity contribution >= 4 is 58.5 Å². The van der Waals surface area contributed by atoms with E-state index in [1.54, 1.807) is 0 Å². The standard InChI is InChI=1S/C28H24N6S2/c35-27(31-25-17-9-7-15-23(25)21-11-3-1-4-12-21)33-29-19-20-30-34-28(36)32-26-18-10-8-16-24(26)22-13-5-2-6-14-22/h1-20H,(H2,31,33,35)(H2,32,34,36). The zero-order valence-electron chi connectivity index (χ0n) is 19.3. The van der Waals surface area contributed by atoms with Crippen LogP contribution in [0.25, 0.3) is 22.3 Å². The second-order valence-electron chi connectivity index (χ2n) is 7.51. The zero-order chi connectivity index (χ0) is 25.0. The lowest BCUT2D eigenvalue weighted by Crippen LogP contribution is -2.25. The van der Waals surface area contributed by atoms with Gasteiger partial charge < -0.3 is 10.6 Å². The van der Waals surface area contributed by atoms with Gasteiger partial charge in [-0.2, -0.15) is 10.2 Å². The van der Waals surface area contributed by atoms with Crippen LogP contribution >= 0.6 is 24.4 Å². The van der Waals surface area contributed by atoms with E-state index in [2.05, 4.69) is 56.0 Å². The Morgan fingerprint density at radius 1 is 0.500 bits per heavy atom. The first-order valence-electron chi connectivity index (χ1n) is 11.2. The quantitative estimate of drug-likeness (QED) is 0.134. The highest BCUT2D eigenvalue weighted by Gasteiger charge is 2.06. The lowest BCUT2D eigenvalue weighted by Gasteiger charge is -2.12. The average molecular weight is 509 g/mol. The number of hydrazone groups is 2. The highest BCUT2D eigenvalue weighted by atomic mass is 32.1. The first-order chi connectivity index (χ1) is 17.7. The molecule has 8 heteroatoms. The molecule has 0 heterocycles. The Hall–Kier alpha value is -4.40. The van der Waals surface area contributed by atoms with E-state index in [4.69, 9.17) is 24.4 Å². The number of anilines is 2. The molecule has 0 saturated heterocycles. The molecule has 0 aliphatic rings. The number of rotatable bonds is 7. The molecule has 4 aromatic rings. The molecule has 0 spiro atoms.